The first-order chi connectivity index (χ1) is 29.0. The number of H-pyrrole nitrogens is 2. The van der Waals surface area contributed by atoms with Gasteiger partial charge in [-0.15, -0.1) is 0 Å². The Hall–Kier alpha value is -6.62. The predicted octanol–water partition coefficient (Wildman–Crippen LogP) is 11.1. The average molecular weight is 861 g/mol. The molecule has 2 unspecified atom stereocenters. The Bertz CT molecular complexity index is 2800. The summed E-state index contributed by atoms with van der Waals surface area (Å²) < 4.78 is 9.71. The van der Waals surface area contributed by atoms with Crippen molar-refractivity contribution >= 4 is 67.3 Å². The zero-order valence-electron chi connectivity index (χ0n) is 30.7. The van der Waals surface area contributed by atoms with E-state index in [2.05, 4.69) is 9.97 Å². The van der Waals surface area contributed by atoms with Gasteiger partial charge in [0.15, 0.2) is 23.3 Å². The van der Waals surface area contributed by atoms with E-state index in [9.17, 15) is 0 Å². The zero-order valence-corrected chi connectivity index (χ0v) is 33.2. The molecule has 11 rings (SSSR count). The molecule has 5 heterocycles. The molecule has 291 valence electrons. The van der Waals surface area contributed by atoms with Crippen molar-refractivity contribution in [2.45, 2.75) is 8.92 Å². The predicted molar refractivity (Wildman–Crippen MR) is 229 cm³/mol. The quantitative estimate of drug-likeness (QED) is 0.125. The summed E-state index contributed by atoms with van der Waals surface area (Å²) in [4.78, 5) is 36.8. The standard InChI is InChI=1S/C32H18N8.2C7H6ClO.Cu/c1-2-10-18-17(9-1)25-33-26(18)38-28-21-13-5-6-14-22(21)30(35-28)40-32-24-16-8-7-15-23(24)31(36-32)39-29-20-12-4-3-11-19(20)27(34-29)37-25;2*8-6-9-7-4-2-1-3-5-7;/h1-16H,(H2,33,34,35,36,37,38,39,40);2*1-6H;. The third-order valence-electron chi connectivity index (χ3n) is 9.54. The van der Waals surface area contributed by atoms with Crippen LogP contribution in [0.2, 0.25) is 0 Å². The van der Waals surface area contributed by atoms with Crippen LogP contribution in [-0.4, -0.2) is 48.8 Å². The minimum absolute atomic E-state index is 0.597. The second kappa shape index (κ2) is 16.0. The van der Waals surface area contributed by atoms with Gasteiger partial charge in [0.2, 0.25) is 0 Å². The number of nitrogens with one attached hydrogen (secondary N) is 2. The Labute approximate surface area is 353 Å². The first kappa shape index (κ1) is 36.7. The number of alkyl halides is 2. The third-order valence-corrected chi connectivity index (χ3v) is 11.1. The number of hydrogen-bond donors (Lipinski definition) is 2. The zero-order chi connectivity index (χ0) is 39.7. The molecule has 2 atom stereocenters. The number of fused-ring (bicyclic) bond motifs is 20. The molecule has 2 aliphatic heterocycles. The molecule has 0 aliphatic carbocycles. The van der Waals surface area contributed by atoms with Crippen molar-refractivity contribution in [3.05, 3.63) is 158 Å². The minimum atomic E-state index is -0.627. The van der Waals surface area contributed by atoms with Gasteiger partial charge in [-0.3, -0.25) is 0 Å². The number of rotatable bonds is 6. The summed E-state index contributed by atoms with van der Waals surface area (Å²) in [5.74, 6) is 3.77. The van der Waals surface area contributed by atoms with Gasteiger partial charge < -0.3 is 9.97 Å². The fourth-order valence-corrected chi connectivity index (χ4v) is 8.39. The molecular formula is C46H30Cl2CuN8O2. The second-order valence-corrected chi connectivity index (χ2v) is 15.8. The number of hydrogen-bond acceptors (Lipinski definition) is 8. The maximum atomic E-state index is 6.05. The van der Waals surface area contributed by atoms with Gasteiger partial charge >= 0.3 is 129 Å². The molecule has 8 bridgehead atoms. The van der Waals surface area contributed by atoms with Gasteiger partial charge in [-0.25, -0.2) is 29.9 Å². The van der Waals surface area contributed by atoms with Crippen molar-refractivity contribution < 1.29 is 24.4 Å². The first-order valence-electron chi connectivity index (χ1n) is 18.5. The Balaban J connectivity index is 0.000000187. The van der Waals surface area contributed by atoms with Gasteiger partial charge in [0, 0.05) is 43.8 Å². The van der Waals surface area contributed by atoms with Crippen LogP contribution in [0.5, 0.6) is 11.5 Å². The fraction of sp³-hybridized carbons (Fsp3) is 0.0435. The van der Waals surface area contributed by atoms with Gasteiger partial charge in [0.25, 0.3) is 0 Å². The maximum Gasteiger partial charge on any atom is 0.164 e. The molecule has 0 spiro atoms. The number of aromatic nitrogens is 8. The number of nitrogens with zero attached hydrogens (tertiary/aromatic N) is 6. The normalized spacial score (nSPS) is 12.6. The van der Waals surface area contributed by atoms with Gasteiger partial charge in [0.05, 0.1) is 0 Å². The van der Waals surface area contributed by atoms with Gasteiger partial charge in [-0.2, -0.15) is 0 Å². The summed E-state index contributed by atoms with van der Waals surface area (Å²) in [5.41, 5.74) is 6.45. The van der Waals surface area contributed by atoms with Crippen molar-refractivity contribution in [2.24, 2.45) is 0 Å². The van der Waals surface area contributed by atoms with Crippen LogP contribution in [0.4, 0.5) is 0 Å². The van der Waals surface area contributed by atoms with Crippen LogP contribution >= 0.6 is 23.2 Å². The van der Waals surface area contributed by atoms with Crippen LogP contribution in [-0.2, 0) is 15.0 Å². The molecule has 0 saturated heterocycles. The molecule has 0 radical (unpaired) electrons. The van der Waals surface area contributed by atoms with Crippen LogP contribution in [0.3, 0.4) is 0 Å². The van der Waals surface area contributed by atoms with Crippen LogP contribution in [0.25, 0.3) is 89.7 Å². The minimum Gasteiger partial charge on any atom is -0.324 e. The molecule has 2 N–H and O–H groups in total. The van der Waals surface area contributed by atoms with Crippen molar-refractivity contribution in [1.82, 2.24) is 39.9 Å². The Kier molecular flexibility index (Phi) is 9.93. The summed E-state index contributed by atoms with van der Waals surface area (Å²) >= 11 is 13.4. The van der Waals surface area contributed by atoms with E-state index in [1.54, 1.807) is 0 Å². The molecule has 0 amide bonds. The average Bonchev–Trinajstić information content (AvgIpc) is 4.00. The van der Waals surface area contributed by atoms with E-state index in [0.717, 1.165) is 43.8 Å². The van der Waals surface area contributed by atoms with Crippen molar-refractivity contribution in [3.63, 3.8) is 0 Å². The van der Waals surface area contributed by atoms with E-state index in [1.807, 2.05) is 158 Å². The number of halogens is 2. The van der Waals surface area contributed by atoms with Crippen LogP contribution < -0.4 is 9.47 Å². The Morgan fingerprint density at radius 2 is 0.627 bits per heavy atom. The Morgan fingerprint density at radius 1 is 0.356 bits per heavy atom. The fourth-order valence-electron chi connectivity index (χ4n) is 6.88. The number of aromatic amines is 2. The molecule has 10 nitrogen and oxygen atoms in total. The van der Waals surface area contributed by atoms with Gasteiger partial charge in [0.1, 0.15) is 22.6 Å². The molecule has 6 aromatic carbocycles. The topological polar surface area (TPSA) is 127 Å². The van der Waals surface area contributed by atoms with Crippen LogP contribution in [0, 0.1) is 0 Å². The Morgan fingerprint density at radius 3 is 0.932 bits per heavy atom. The van der Waals surface area contributed by atoms with Gasteiger partial charge in [-0.05, 0) is 0 Å². The molecule has 2 aliphatic rings. The SMILES string of the molecule is Cl[CH](Oc1ccccc1)[Cu][CH](Cl)Oc1ccccc1.c1ccc2c(c1)-c1nc-2nc2[nH]c(nc3nc(nc4[nH]c(n1)c1ccccc41)-c1ccccc1-3)c1ccccc21. The molecule has 0 fully saturated rings. The summed E-state index contributed by atoms with van der Waals surface area (Å²) in [5, 5.41) is 3.82. The van der Waals surface area contributed by atoms with E-state index in [1.165, 1.54) is 15.0 Å². The number of ether oxygens (including phenoxy) is 2. The molecule has 0 saturated carbocycles. The van der Waals surface area contributed by atoms with Crippen LogP contribution in [0.1, 0.15) is 0 Å². The largest absolute Gasteiger partial charge is 0.324 e. The summed E-state index contributed by atoms with van der Waals surface area (Å²) in [7, 11) is 0. The van der Waals surface area contributed by atoms with Gasteiger partial charge in [-0.1, -0.05) is 97.1 Å². The molecular weight excluding hydrogens is 831 g/mol. The maximum absolute atomic E-state index is 6.05. The smallest absolute Gasteiger partial charge is 0.164 e. The van der Waals surface area contributed by atoms with E-state index in [0.29, 0.717) is 57.4 Å². The molecule has 13 heteroatoms. The van der Waals surface area contributed by atoms with Crippen molar-refractivity contribution in [3.8, 4) is 57.1 Å². The summed E-state index contributed by atoms with van der Waals surface area (Å²) in [6, 6.07) is 50.9. The second-order valence-electron chi connectivity index (χ2n) is 13.2. The van der Waals surface area contributed by atoms with E-state index in [-0.39, 0.29) is 0 Å². The monoisotopic (exact) mass is 859 g/mol. The first-order valence-corrected chi connectivity index (χ1v) is 20.4. The van der Waals surface area contributed by atoms with E-state index >= 15 is 0 Å². The number of benzene rings is 6. The molecule has 3 aromatic heterocycles. The summed E-state index contributed by atoms with van der Waals surface area (Å²) in [6.07, 6.45) is 0. The molecule has 59 heavy (non-hydrogen) atoms. The van der Waals surface area contributed by atoms with E-state index in [4.69, 9.17) is 62.6 Å². The third kappa shape index (κ3) is 7.48. The van der Waals surface area contributed by atoms with Crippen molar-refractivity contribution in [2.75, 3.05) is 0 Å². The summed E-state index contributed by atoms with van der Waals surface area (Å²) in [6.45, 7) is 0. The number of para-hydroxylation sites is 2. The molecule has 9 aromatic rings. The van der Waals surface area contributed by atoms with Crippen molar-refractivity contribution in [1.29, 1.82) is 0 Å². The van der Waals surface area contributed by atoms with Crippen LogP contribution in [0.15, 0.2) is 158 Å². The van der Waals surface area contributed by atoms with E-state index < -0.39 is 8.92 Å².